The molecular formula is C21H25NO3. The first kappa shape index (κ1) is 17.3. The molecule has 4 heteroatoms. The van der Waals surface area contributed by atoms with Crippen LogP contribution in [0.1, 0.15) is 43.9 Å². The van der Waals surface area contributed by atoms with Crippen molar-refractivity contribution in [3.63, 3.8) is 0 Å². The van der Waals surface area contributed by atoms with E-state index in [9.17, 15) is 4.79 Å². The lowest BCUT2D eigenvalue weighted by Crippen LogP contribution is -2.29. The third-order valence-corrected chi connectivity index (χ3v) is 4.32. The van der Waals surface area contributed by atoms with Crippen LogP contribution in [0.3, 0.4) is 0 Å². The molecule has 1 amide bonds. The predicted molar refractivity (Wildman–Crippen MR) is 97.7 cm³/mol. The zero-order valence-electron chi connectivity index (χ0n) is 14.8. The number of nitrogens with one attached hydrogen (secondary N) is 1. The van der Waals surface area contributed by atoms with Gasteiger partial charge in [-0.1, -0.05) is 50.2 Å². The Labute approximate surface area is 149 Å². The summed E-state index contributed by atoms with van der Waals surface area (Å²) < 4.78 is 10.7. The van der Waals surface area contributed by atoms with E-state index in [0.717, 1.165) is 29.0 Å². The fourth-order valence-corrected chi connectivity index (χ4v) is 3.06. The van der Waals surface area contributed by atoms with Gasteiger partial charge in [0, 0.05) is 6.42 Å². The van der Waals surface area contributed by atoms with Gasteiger partial charge in [-0.3, -0.25) is 4.79 Å². The monoisotopic (exact) mass is 339 g/mol. The Morgan fingerprint density at radius 2 is 1.84 bits per heavy atom. The second-order valence-electron chi connectivity index (χ2n) is 6.85. The van der Waals surface area contributed by atoms with Gasteiger partial charge in [-0.25, -0.2) is 0 Å². The van der Waals surface area contributed by atoms with Crippen LogP contribution in [0.2, 0.25) is 0 Å². The van der Waals surface area contributed by atoms with Crippen molar-refractivity contribution in [2.45, 2.75) is 39.2 Å². The molecule has 1 atom stereocenters. The third kappa shape index (κ3) is 4.75. The molecule has 0 saturated heterocycles. The van der Waals surface area contributed by atoms with Gasteiger partial charge in [0.15, 0.2) is 11.5 Å². The Morgan fingerprint density at radius 3 is 2.60 bits per heavy atom. The zero-order valence-corrected chi connectivity index (χ0v) is 14.8. The number of carbonyl (C=O) groups excluding carboxylic acids is 1. The highest BCUT2D eigenvalue weighted by atomic mass is 16.7. The van der Waals surface area contributed by atoms with E-state index in [1.807, 2.05) is 36.4 Å². The molecule has 0 fully saturated rings. The number of hydrogen-bond acceptors (Lipinski definition) is 3. The van der Waals surface area contributed by atoms with Crippen LogP contribution < -0.4 is 14.8 Å². The molecule has 2 aromatic rings. The lowest BCUT2D eigenvalue weighted by molar-refractivity contribution is -0.121. The van der Waals surface area contributed by atoms with E-state index in [4.69, 9.17) is 9.47 Å². The van der Waals surface area contributed by atoms with Gasteiger partial charge in [-0.15, -0.1) is 0 Å². The molecule has 1 N–H and O–H groups in total. The van der Waals surface area contributed by atoms with Gasteiger partial charge in [-0.2, -0.15) is 0 Å². The standard InChI is InChI=1S/C21H25NO3/c1-15(2)12-18(17-6-4-3-5-7-17)22-21(23)11-9-16-8-10-19-20(13-16)25-14-24-19/h3-8,10,13,15,18H,9,11-12,14H2,1-2H3,(H,22,23)/t18-/m1/s1. The molecule has 0 aliphatic carbocycles. The first-order valence-electron chi connectivity index (χ1n) is 8.84. The molecule has 1 aliphatic heterocycles. The van der Waals surface area contributed by atoms with E-state index < -0.39 is 0 Å². The second kappa shape index (κ2) is 8.06. The van der Waals surface area contributed by atoms with Gasteiger partial charge in [0.05, 0.1) is 6.04 Å². The van der Waals surface area contributed by atoms with Crippen LogP contribution in [0.5, 0.6) is 11.5 Å². The third-order valence-electron chi connectivity index (χ3n) is 4.32. The number of hydrogen-bond donors (Lipinski definition) is 1. The fraction of sp³-hybridized carbons (Fsp3) is 0.381. The highest BCUT2D eigenvalue weighted by Crippen LogP contribution is 2.32. The average Bonchev–Trinajstić information content (AvgIpc) is 3.07. The zero-order chi connectivity index (χ0) is 17.6. The predicted octanol–water partition coefficient (Wildman–Crippen LogP) is 4.25. The van der Waals surface area contributed by atoms with Crippen LogP contribution in [0.25, 0.3) is 0 Å². The molecule has 2 aromatic carbocycles. The minimum atomic E-state index is 0.0606. The van der Waals surface area contributed by atoms with E-state index in [1.54, 1.807) is 0 Å². The number of aryl methyl sites for hydroxylation is 1. The molecule has 0 saturated carbocycles. The minimum absolute atomic E-state index is 0.0606. The van der Waals surface area contributed by atoms with Crippen molar-refractivity contribution in [2.75, 3.05) is 6.79 Å². The van der Waals surface area contributed by atoms with Crippen LogP contribution in [0, 0.1) is 5.92 Å². The summed E-state index contributed by atoms with van der Waals surface area (Å²) in [5.74, 6) is 2.13. The normalized spacial score (nSPS) is 13.7. The van der Waals surface area contributed by atoms with Crippen molar-refractivity contribution in [2.24, 2.45) is 5.92 Å². The van der Waals surface area contributed by atoms with Gasteiger partial charge < -0.3 is 14.8 Å². The molecule has 0 unspecified atom stereocenters. The maximum absolute atomic E-state index is 12.4. The maximum Gasteiger partial charge on any atom is 0.231 e. The fourth-order valence-electron chi connectivity index (χ4n) is 3.06. The van der Waals surface area contributed by atoms with Crippen LogP contribution in [0.15, 0.2) is 48.5 Å². The van der Waals surface area contributed by atoms with Crippen LogP contribution >= 0.6 is 0 Å². The molecule has 0 spiro atoms. The van der Waals surface area contributed by atoms with E-state index >= 15 is 0 Å². The minimum Gasteiger partial charge on any atom is -0.454 e. The molecule has 3 rings (SSSR count). The molecular weight excluding hydrogens is 314 g/mol. The Kier molecular flexibility index (Phi) is 5.59. The average molecular weight is 339 g/mol. The maximum atomic E-state index is 12.4. The Hall–Kier alpha value is -2.49. The van der Waals surface area contributed by atoms with Crippen LogP contribution in [0.4, 0.5) is 0 Å². The number of carbonyl (C=O) groups is 1. The summed E-state index contributed by atoms with van der Waals surface area (Å²) in [4.78, 5) is 12.4. The second-order valence-corrected chi connectivity index (χ2v) is 6.85. The number of amides is 1. The Morgan fingerprint density at radius 1 is 1.08 bits per heavy atom. The van der Waals surface area contributed by atoms with Crippen LogP contribution in [-0.4, -0.2) is 12.7 Å². The topological polar surface area (TPSA) is 47.6 Å². The summed E-state index contributed by atoms with van der Waals surface area (Å²) in [7, 11) is 0. The smallest absolute Gasteiger partial charge is 0.231 e. The molecule has 0 bridgehead atoms. The van der Waals surface area contributed by atoms with Gasteiger partial charge in [-0.05, 0) is 42.0 Å². The van der Waals surface area contributed by atoms with E-state index in [1.165, 1.54) is 0 Å². The van der Waals surface area contributed by atoms with Crippen molar-refractivity contribution in [3.05, 3.63) is 59.7 Å². The molecule has 132 valence electrons. The van der Waals surface area contributed by atoms with Crippen molar-refractivity contribution in [1.82, 2.24) is 5.32 Å². The van der Waals surface area contributed by atoms with Crippen molar-refractivity contribution < 1.29 is 14.3 Å². The quantitative estimate of drug-likeness (QED) is 0.820. The molecule has 0 radical (unpaired) electrons. The SMILES string of the molecule is CC(C)C[C@@H](NC(=O)CCc1ccc2c(c1)OCO2)c1ccccc1. The lowest BCUT2D eigenvalue weighted by atomic mass is 9.96. The highest BCUT2D eigenvalue weighted by molar-refractivity contribution is 5.76. The Balaban J connectivity index is 1.58. The molecule has 4 nitrogen and oxygen atoms in total. The number of ether oxygens (including phenoxy) is 2. The van der Waals surface area contributed by atoms with Crippen molar-refractivity contribution >= 4 is 5.91 Å². The summed E-state index contributed by atoms with van der Waals surface area (Å²) in [6, 6.07) is 16.1. The molecule has 1 heterocycles. The van der Waals surface area contributed by atoms with Gasteiger partial charge in [0.1, 0.15) is 0 Å². The van der Waals surface area contributed by atoms with Gasteiger partial charge >= 0.3 is 0 Å². The summed E-state index contributed by atoms with van der Waals surface area (Å²) in [6.45, 7) is 4.62. The summed E-state index contributed by atoms with van der Waals surface area (Å²) in [5.41, 5.74) is 2.24. The molecule has 25 heavy (non-hydrogen) atoms. The number of benzene rings is 2. The number of rotatable bonds is 7. The van der Waals surface area contributed by atoms with Crippen LogP contribution in [-0.2, 0) is 11.2 Å². The lowest BCUT2D eigenvalue weighted by Gasteiger charge is -2.21. The number of fused-ring (bicyclic) bond motifs is 1. The van der Waals surface area contributed by atoms with Gasteiger partial charge in [0.25, 0.3) is 0 Å². The van der Waals surface area contributed by atoms with Crippen molar-refractivity contribution in [1.29, 1.82) is 0 Å². The first-order chi connectivity index (χ1) is 12.1. The largest absolute Gasteiger partial charge is 0.454 e. The van der Waals surface area contributed by atoms with Crippen molar-refractivity contribution in [3.8, 4) is 11.5 Å². The van der Waals surface area contributed by atoms with E-state index in [2.05, 4.69) is 31.3 Å². The highest BCUT2D eigenvalue weighted by Gasteiger charge is 2.17. The summed E-state index contributed by atoms with van der Waals surface area (Å²) in [5, 5.41) is 3.19. The molecule has 1 aliphatic rings. The summed E-state index contributed by atoms with van der Waals surface area (Å²) >= 11 is 0. The Bertz CT molecular complexity index is 712. The van der Waals surface area contributed by atoms with E-state index in [-0.39, 0.29) is 18.7 Å². The first-order valence-corrected chi connectivity index (χ1v) is 8.84. The molecule has 0 aromatic heterocycles. The van der Waals surface area contributed by atoms with Gasteiger partial charge in [0.2, 0.25) is 12.7 Å². The summed E-state index contributed by atoms with van der Waals surface area (Å²) in [6.07, 6.45) is 2.08. The van der Waals surface area contributed by atoms with E-state index in [0.29, 0.717) is 18.8 Å².